The number of pyridine rings is 1. The minimum Gasteiger partial charge on any atom is -0.465 e. The van der Waals surface area contributed by atoms with E-state index in [-0.39, 0.29) is 5.39 Å². The number of rotatable bonds is 9. The smallest absolute Gasteiger partial charge is 0.392 e. The molecule has 0 fully saturated rings. The van der Waals surface area contributed by atoms with Gasteiger partial charge in [-0.2, -0.15) is 13.2 Å². The topological polar surface area (TPSA) is 94.5 Å². The molecule has 1 unspecified atom stereocenters. The molecular weight excluding hydrogens is 448 g/mol. The van der Waals surface area contributed by atoms with Gasteiger partial charge in [0.1, 0.15) is 19.3 Å². The SMILES string of the molecule is O=C(Cn1ccc2ccc(Cl)cc2c1=O)NC(CC(=O)OCCC(F)(F)F)C(=O)CF. The number of fused-ring (bicyclic) bond motifs is 1. The number of nitrogens with zero attached hydrogens (tertiary/aromatic N) is 1. The molecule has 0 aliphatic rings. The predicted octanol–water partition coefficient (Wildman–Crippen LogP) is 2.56. The minimum absolute atomic E-state index is 0.243. The summed E-state index contributed by atoms with van der Waals surface area (Å²) in [5.41, 5.74) is -0.546. The maximum Gasteiger partial charge on any atom is 0.392 e. The molecule has 0 saturated heterocycles. The van der Waals surface area contributed by atoms with Crippen molar-refractivity contribution >= 4 is 40.0 Å². The number of ether oxygens (including phenoxy) is 1. The highest BCUT2D eigenvalue weighted by Gasteiger charge is 2.29. The minimum atomic E-state index is -4.54. The van der Waals surface area contributed by atoms with Crippen LogP contribution in [0.3, 0.4) is 0 Å². The molecular formula is C19H17ClF4N2O5. The average Bonchev–Trinajstić information content (AvgIpc) is 2.68. The molecule has 0 spiro atoms. The van der Waals surface area contributed by atoms with E-state index < -0.39 is 68.1 Å². The van der Waals surface area contributed by atoms with Crippen molar-refractivity contribution in [3.05, 3.63) is 45.8 Å². The van der Waals surface area contributed by atoms with Gasteiger partial charge in [-0.25, -0.2) is 4.39 Å². The number of halogens is 5. The molecule has 31 heavy (non-hydrogen) atoms. The Morgan fingerprint density at radius 1 is 1.19 bits per heavy atom. The summed E-state index contributed by atoms with van der Waals surface area (Å²) in [7, 11) is 0. The molecule has 0 bridgehead atoms. The average molecular weight is 465 g/mol. The van der Waals surface area contributed by atoms with E-state index in [0.717, 1.165) is 4.57 Å². The Morgan fingerprint density at radius 3 is 2.55 bits per heavy atom. The van der Waals surface area contributed by atoms with Crippen LogP contribution in [-0.2, 0) is 25.7 Å². The fourth-order valence-corrected chi connectivity index (χ4v) is 2.79. The van der Waals surface area contributed by atoms with Crippen molar-refractivity contribution in [3.63, 3.8) is 0 Å². The van der Waals surface area contributed by atoms with Gasteiger partial charge in [-0.15, -0.1) is 0 Å². The number of benzene rings is 1. The maximum atomic E-state index is 12.8. The van der Waals surface area contributed by atoms with Crippen molar-refractivity contribution in [1.82, 2.24) is 9.88 Å². The van der Waals surface area contributed by atoms with Crippen LogP contribution < -0.4 is 10.9 Å². The van der Waals surface area contributed by atoms with E-state index in [1.54, 1.807) is 18.2 Å². The first kappa shape index (κ1) is 24.3. The van der Waals surface area contributed by atoms with Crippen molar-refractivity contribution < 1.29 is 36.7 Å². The number of alkyl halides is 4. The highest BCUT2D eigenvalue weighted by Crippen LogP contribution is 2.19. The monoisotopic (exact) mass is 464 g/mol. The Morgan fingerprint density at radius 2 is 1.90 bits per heavy atom. The van der Waals surface area contributed by atoms with Gasteiger partial charge in [0.15, 0.2) is 5.78 Å². The van der Waals surface area contributed by atoms with Gasteiger partial charge in [0.05, 0.1) is 19.4 Å². The molecule has 1 aromatic carbocycles. The maximum absolute atomic E-state index is 12.8. The second kappa shape index (κ2) is 10.4. The van der Waals surface area contributed by atoms with Crippen LogP contribution in [-0.4, -0.2) is 47.7 Å². The number of carbonyl (C=O) groups excluding carboxylic acids is 3. The van der Waals surface area contributed by atoms with Crippen molar-refractivity contribution in [1.29, 1.82) is 0 Å². The van der Waals surface area contributed by atoms with E-state index in [0.29, 0.717) is 10.4 Å². The zero-order chi connectivity index (χ0) is 23.2. The lowest BCUT2D eigenvalue weighted by molar-refractivity contribution is -0.160. The van der Waals surface area contributed by atoms with Crippen LogP contribution in [0.5, 0.6) is 0 Å². The highest BCUT2D eigenvalue weighted by molar-refractivity contribution is 6.31. The summed E-state index contributed by atoms with van der Waals surface area (Å²) >= 11 is 5.87. The fraction of sp³-hybridized carbons (Fsp3) is 0.368. The van der Waals surface area contributed by atoms with E-state index in [1.165, 1.54) is 12.3 Å². The number of esters is 1. The molecule has 7 nitrogen and oxygen atoms in total. The number of carbonyl (C=O) groups is 3. The van der Waals surface area contributed by atoms with Gasteiger partial charge in [-0.3, -0.25) is 19.2 Å². The van der Waals surface area contributed by atoms with Crippen molar-refractivity contribution in [2.45, 2.75) is 31.6 Å². The Kier molecular flexibility index (Phi) is 8.14. The predicted molar refractivity (Wildman–Crippen MR) is 102 cm³/mol. The molecule has 1 N–H and O–H groups in total. The van der Waals surface area contributed by atoms with E-state index in [4.69, 9.17) is 11.6 Å². The van der Waals surface area contributed by atoms with Gasteiger partial charge in [0.2, 0.25) is 5.91 Å². The Balaban J connectivity index is 2.05. The van der Waals surface area contributed by atoms with Crippen LogP contribution >= 0.6 is 11.6 Å². The van der Waals surface area contributed by atoms with Crippen LogP contribution in [0.1, 0.15) is 12.8 Å². The molecule has 2 aromatic rings. The summed E-state index contributed by atoms with van der Waals surface area (Å²) in [5, 5.41) is 3.24. The summed E-state index contributed by atoms with van der Waals surface area (Å²) in [6, 6.07) is 4.52. The number of nitrogens with one attached hydrogen (secondary N) is 1. The third-order valence-electron chi connectivity index (χ3n) is 4.13. The molecule has 0 aliphatic carbocycles. The van der Waals surface area contributed by atoms with Gasteiger partial charge in [-0.05, 0) is 23.6 Å². The Labute approximate surface area is 177 Å². The highest BCUT2D eigenvalue weighted by atomic mass is 35.5. The summed E-state index contributed by atoms with van der Waals surface area (Å²) < 4.78 is 54.5. The molecule has 1 amide bonds. The summed E-state index contributed by atoms with van der Waals surface area (Å²) in [4.78, 5) is 48.1. The van der Waals surface area contributed by atoms with Crippen LogP contribution in [0.25, 0.3) is 10.8 Å². The van der Waals surface area contributed by atoms with Gasteiger partial charge in [0, 0.05) is 16.6 Å². The quantitative estimate of drug-likeness (QED) is 0.454. The normalized spacial score (nSPS) is 12.4. The van der Waals surface area contributed by atoms with Gasteiger partial charge in [0.25, 0.3) is 5.56 Å². The van der Waals surface area contributed by atoms with E-state index >= 15 is 0 Å². The lowest BCUT2D eigenvalue weighted by atomic mass is 10.1. The second-order valence-corrected chi connectivity index (χ2v) is 6.93. The number of aromatic nitrogens is 1. The number of ketones is 1. The Bertz CT molecular complexity index is 1040. The second-order valence-electron chi connectivity index (χ2n) is 6.49. The molecule has 0 radical (unpaired) electrons. The molecule has 0 aliphatic heterocycles. The first-order valence-electron chi connectivity index (χ1n) is 8.89. The summed E-state index contributed by atoms with van der Waals surface area (Å²) in [6.07, 6.45) is -5.45. The lowest BCUT2D eigenvalue weighted by Crippen LogP contribution is -2.45. The van der Waals surface area contributed by atoms with Gasteiger partial charge < -0.3 is 14.6 Å². The zero-order valence-corrected chi connectivity index (χ0v) is 16.6. The number of amides is 1. The third kappa shape index (κ3) is 7.35. The standard InChI is InChI=1S/C19H17ClF4N2O5/c20-12-2-1-11-3-5-26(18(30)13(11)7-12)10-16(28)25-14(15(27)9-21)8-17(29)31-6-4-19(22,23)24/h1-3,5,7,14H,4,6,8-10H2,(H,25,28). The first-order valence-corrected chi connectivity index (χ1v) is 9.27. The molecule has 0 saturated carbocycles. The van der Waals surface area contributed by atoms with E-state index in [9.17, 15) is 36.7 Å². The van der Waals surface area contributed by atoms with Crippen LogP contribution in [0, 0.1) is 0 Å². The fourth-order valence-electron chi connectivity index (χ4n) is 2.62. The molecule has 1 heterocycles. The molecule has 12 heteroatoms. The third-order valence-corrected chi connectivity index (χ3v) is 4.36. The lowest BCUT2D eigenvalue weighted by Gasteiger charge is -2.16. The van der Waals surface area contributed by atoms with Gasteiger partial charge >= 0.3 is 12.1 Å². The van der Waals surface area contributed by atoms with Crippen molar-refractivity contribution in [2.75, 3.05) is 13.3 Å². The van der Waals surface area contributed by atoms with E-state index in [2.05, 4.69) is 10.1 Å². The van der Waals surface area contributed by atoms with Gasteiger partial charge in [-0.1, -0.05) is 17.7 Å². The number of hydrogen-bond acceptors (Lipinski definition) is 5. The summed E-state index contributed by atoms with van der Waals surface area (Å²) in [6.45, 7) is -3.04. The van der Waals surface area contributed by atoms with Crippen LogP contribution in [0.15, 0.2) is 35.3 Å². The number of hydrogen-bond donors (Lipinski definition) is 1. The largest absolute Gasteiger partial charge is 0.465 e. The number of Topliss-reactive ketones (excluding diaryl/α,β-unsaturated/α-hetero) is 1. The van der Waals surface area contributed by atoms with Crippen molar-refractivity contribution in [2.24, 2.45) is 0 Å². The van der Waals surface area contributed by atoms with Crippen LogP contribution in [0.4, 0.5) is 17.6 Å². The van der Waals surface area contributed by atoms with Crippen molar-refractivity contribution in [3.8, 4) is 0 Å². The van der Waals surface area contributed by atoms with E-state index in [1.807, 2.05) is 0 Å². The Hall–Kier alpha value is -2.95. The molecule has 1 aromatic heterocycles. The van der Waals surface area contributed by atoms with Crippen LogP contribution in [0.2, 0.25) is 5.02 Å². The molecule has 2 rings (SSSR count). The summed E-state index contributed by atoms with van der Waals surface area (Å²) in [5.74, 6) is -3.27. The molecule has 1 atom stereocenters. The molecule has 168 valence electrons. The zero-order valence-electron chi connectivity index (χ0n) is 15.9. The first-order chi connectivity index (χ1) is 14.5.